The molecule has 66 valence electrons. The summed E-state index contributed by atoms with van der Waals surface area (Å²) >= 11 is 0. The number of rotatable bonds is 0. The molecule has 0 aromatic heterocycles. The molecule has 1 aliphatic heterocycles. The van der Waals surface area contributed by atoms with Crippen molar-refractivity contribution in [3.8, 4) is 0 Å². The second kappa shape index (κ2) is 6.90. The average molecular weight is 163 g/mol. The highest BCUT2D eigenvalue weighted by Crippen LogP contribution is 1.97. The van der Waals surface area contributed by atoms with Gasteiger partial charge in [0.25, 0.3) is 0 Å². The zero-order valence-electron chi connectivity index (χ0n) is 7.55. The third-order valence-corrected chi connectivity index (χ3v) is 1.88. The van der Waals surface area contributed by atoms with Gasteiger partial charge < -0.3 is 5.32 Å². The van der Waals surface area contributed by atoms with E-state index >= 15 is 0 Å². The summed E-state index contributed by atoms with van der Waals surface area (Å²) in [6.45, 7) is 2.09. The molecule has 1 nitrogen and oxygen atoms in total. The molecule has 0 atom stereocenters. The summed E-state index contributed by atoms with van der Waals surface area (Å²) in [4.78, 5) is 0. The molecule has 0 aliphatic carbocycles. The molecule has 0 aromatic rings. The Morgan fingerprint density at radius 1 is 1.08 bits per heavy atom. The van der Waals surface area contributed by atoms with Crippen molar-refractivity contribution in [2.45, 2.75) is 25.7 Å². The average Bonchev–Trinajstić information content (AvgIpc) is 2.05. The van der Waals surface area contributed by atoms with E-state index in [0.717, 1.165) is 19.5 Å². The number of hydrogen-bond acceptors (Lipinski definition) is 1. The van der Waals surface area contributed by atoms with Gasteiger partial charge in [0.15, 0.2) is 0 Å². The van der Waals surface area contributed by atoms with E-state index in [-0.39, 0.29) is 0 Å². The van der Waals surface area contributed by atoms with E-state index in [0.29, 0.717) is 0 Å². The summed E-state index contributed by atoms with van der Waals surface area (Å²) in [6.07, 6.45) is 13.4. The fourth-order valence-corrected chi connectivity index (χ4v) is 1.18. The first-order valence-corrected chi connectivity index (χ1v) is 4.75. The Labute approximate surface area is 74.9 Å². The van der Waals surface area contributed by atoms with E-state index in [1.54, 1.807) is 0 Å². The van der Waals surface area contributed by atoms with Crippen molar-refractivity contribution >= 4 is 0 Å². The SMILES string of the molecule is C1=CC/C=C\CCCCNCC=1. The monoisotopic (exact) mass is 163 g/mol. The van der Waals surface area contributed by atoms with Gasteiger partial charge in [0.1, 0.15) is 0 Å². The standard InChI is InChI=1S/C11H17N/c1-2-4-6-8-10-12-11-9-7-5-3-1/h1-2,5,9,12H,3-4,6,8,10-11H2/b2-1-. The van der Waals surface area contributed by atoms with Crippen molar-refractivity contribution in [1.29, 1.82) is 0 Å². The lowest BCUT2D eigenvalue weighted by atomic mass is 10.2. The smallest absolute Gasteiger partial charge is 0.0209 e. The Balaban J connectivity index is 2.32. The maximum atomic E-state index is 3.34. The van der Waals surface area contributed by atoms with Crippen molar-refractivity contribution in [1.82, 2.24) is 5.32 Å². The summed E-state index contributed by atoms with van der Waals surface area (Å²) in [7, 11) is 0. The highest BCUT2D eigenvalue weighted by molar-refractivity contribution is 4.94. The van der Waals surface area contributed by atoms with E-state index in [1.807, 2.05) is 0 Å². The van der Waals surface area contributed by atoms with Crippen LogP contribution in [0.5, 0.6) is 0 Å². The molecule has 0 unspecified atom stereocenters. The zero-order valence-corrected chi connectivity index (χ0v) is 7.55. The topological polar surface area (TPSA) is 12.0 Å². The first-order chi connectivity index (χ1) is 6.00. The maximum absolute atomic E-state index is 3.34. The minimum atomic E-state index is 0.959. The molecule has 1 heteroatoms. The van der Waals surface area contributed by atoms with Gasteiger partial charge in [-0.05, 0) is 44.4 Å². The van der Waals surface area contributed by atoms with Crippen molar-refractivity contribution in [3.05, 3.63) is 30.0 Å². The predicted octanol–water partition coefficient (Wildman–Crippen LogP) is 2.42. The van der Waals surface area contributed by atoms with Crippen LogP contribution in [0.25, 0.3) is 0 Å². The normalized spacial score (nSPS) is 22.7. The molecule has 1 rings (SSSR count). The van der Waals surface area contributed by atoms with Crippen LogP contribution in [0.2, 0.25) is 0 Å². The van der Waals surface area contributed by atoms with Crippen molar-refractivity contribution in [3.63, 3.8) is 0 Å². The molecule has 0 spiro atoms. The minimum absolute atomic E-state index is 0.959. The molecule has 0 amide bonds. The third-order valence-electron chi connectivity index (χ3n) is 1.88. The summed E-state index contributed by atoms with van der Waals surface area (Å²) in [6, 6.07) is 0. The molecule has 0 saturated heterocycles. The first kappa shape index (κ1) is 9.31. The lowest BCUT2D eigenvalue weighted by molar-refractivity contribution is 0.660. The van der Waals surface area contributed by atoms with Gasteiger partial charge in [0.05, 0.1) is 0 Å². The summed E-state index contributed by atoms with van der Waals surface area (Å²) in [5.74, 6) is 0. The first-order valence-electron chi connectivity index (χ1n) is 4.75. The van der Waals surface area contributed by atoms with Crippen LogP contribution in [-0.2, 0) is 0 Å². The fourth-order valence-electron chi connectivity index (χ4n) is 1.18. The molecule has 0 radical (unpaired) electrons. The second-order valence-corrected chi connectivity index (χ2v) is 2.98. The molecular formula is C11H17N. The Morgan fingerprint density at radius 3 is 3.08 bits per heavy atom. The molecule has 0 bridgehead atoms. The van der Waals surface area contributed by atoms with Crippen LogP contribution in [0.3, 0.4) is 0 Å². The molecule has 1 N–H and O–H groups in total. The lowest BCUT2D eigenvalue weighted by Crippen LogP contribution is -2.14. The molecular weight excluding hydrogens is 146 g/mol. The number of hydrogen-bond donors (Lipinski definition) is 1. The summed E-state index contributed by atoms with van der Waals surface area (Å²) in [5.41, 5.74) is 3.14. The molecule has 12 heavy (non-hydrogen) atoms. The molecule has 1 aliphatic rings. The lowest BCUT2D eigenvalue weighted by Gasteiger charge is -1.99. The van der Waals surface area contributed by atoms with Crippen LogP contribution in [0, 0.1) is 0 Å². The van der Waals surface area contributed by atoms with E-state index < -0.39 is 0 Å². The molecule has 1 heterocycles. The second-order valence-electron chi connectivity index (χ2n) is 2.98. The van der Waals surface area contributed by atoms with Crippen LogP contribution in [0.4, 0.5) is 0 Å². The van der Waals surface area contributed by atoms with Crippen molar-refractivity contribution < 1.29 is 0 Å². The van der Waals surface area contributed by atoms with Gasteiger partial charge in [-0.25, -0.2) is 0 Å². The molecule has 0 fully saturated rings. The Hall–Kier alpha value is -0.780. The van der Waals surface area contributed by atoms with Crippen LogP contribution >= 0.6 is 0 Å². The zero-order chi connectivity index (χ0) is 8.49. The minimum Gasteiger partial charge on any atom is -0.313 e. The van der Waals surface area contributed by atoms with Crippen molar-refractivity contribution in [2.24, 2.45) is 0 Å². The van der Waals surface area contributed by atoms with Crippen LogP contribution < -0.4 is 5.32 Å². The van der Waals surface area contributed by atoms with Crippen LogP contribution in [-0.4, -0.2) is 13.1 Å². The highest BCUT2D eigenvalue weighted by atomic mass is 14.8. The predicted molar refractivity (Wildman–Crippen MR) is 53.1 cm³/mol. The van der Waals surface area contributed by atoms with E-state index in [2.05, 4.69) is 35.4 Å². The van der Waals surface area contributed by atoms with Gasteiger partial charge in [0, 0.05) is 6.54 Å². The Kier molecular flexibility index (Phi) is 5.35. The quantitative estimate of drug-likeness (QED) is 0.427. The molecule has 0 aromatic carbocycles. The highest BCUT2D eigenvalue weighted by Gasteiger charge is 1.85. The number of allylic oxidation sites excluding steroid dienone is 2. The van der Waals surface area contributed by atoms with E-state index in [9.17, 15) is 0 Å². The van der Waals surface area contributed by atoms with Gasteiger partial charge in [-0.3, -0.25) is 0 Å². The fraction of sp³-hybridized carbons (Fsp3) is 0.545. The van der Waals surface area contributed by atoms with Gasteiger partial charge in [-0.2, -0.15) is 0 Å². The van der Waals surface area contributed by atoms with Gasteiger partial charge >= 0.3 is 0 Å². The largest absolute Gasteiger partial charge is 0.313 e. The Bertz CT molecular complexity index is 185. The van der Waals surface area contributed by atoms with E-state index in [4.69, 9.17) is 0 Å². The van der Waals surface area contributed by atoms with Crippen molar-refractivity contribution in [2.75, 3.05) is 13.1 Å². The third kappa shape index (κ3) is 4.95. The van der Waals surface area contributed by atoms with Gasteiger partial charge in [0.2, 0.25) is 0 Å². The number of nitrogens with one attached hydrogen (secondary N) is 1. The van der Waals surface area contributed by atoms with Gasteiger partial charge in [-0.15, -0.1) is 5.73 Å². The van der Waals surface area contributed by atoms with Gasteiger partial charge in [-0.1, -0.05) is 12.2 Å². The summed E-state index contributed by atoms with van der Waals surface area (Å²) in [5, 5.41) is 3.34. The van der Waals surface area contributed by atoms with E-state index in [1.165, 1.54) is 19.3 Å². The van der Waals surface area contributed by atoms with Crippen LogP contribution in [0.1, 0.15) is 25.7 Å². The summed E-state index contributed by atoms with van der Waals surface area (Å²) < 4.78 is 0. The maximum Gasteiger partial charge on any atom is 0.0209 e. The Morgan fingerprint density at radius 2 is 2.08 bits per heavy atom. The van der Waals surface area contributed by atoms with Crippen LogP contribution in [0.15, 0.2) is 30.0 Å². The molecule has 0 saturated carbocycles.